The zero-order chi connectivity index (χ0) is 81.4. The van der Waals surface area contributed by atoms with E-state index < -0.39 is 240 Å². The van der Waals surface area contributed by atoms with E-state index in [9.17, 15) is 119 Å². The number of phenolic OH excluding ortho intramolecular Hbond substituents is 2. The number of aromatic hydroxyl groups is 2. The molecule has 6 rings (SSSR count). The van der Waals surface area contributed by atoms with Crippen molar-refractivity contribution in [3.8, 4) is 23.0 Å². The number of allylic oxidation sites excluding steroid dienone is 2. The molecule has 1 fully saturated rings. The summed E-state index contributed by atoms with van der Waals surface area (Å²) in [5.74, 6) is -26.5. The summed E-state index contributed by atoms with van der Waals surface area (Å²) >= 11 is 0. The standard InChI is InChI=1S/C70H101N11O27/c1-27(2)38-20-42(85)41(25-83)78-64(99)40(77-68(103)51(69(104)105)81-65(100)43(86)23-75-66(101)49(36(11)84)79-67(102)50(80-63(38)98)56(92)57(93)60(71)95)22-74-62(97)35(10)72-17-18-73-45(87)26-106-44-21-39-55(91)47-46(44)48-58(34(9)54(47)90)108-70(12,59(48)94)107-19-16-37(24-82)31(6)30(5)32(7)53(89)33(8)52(88)28(3)14-13-15-29(4)61(96)76-39/h13-16,19,21,27-28,30-33,35-38,40-41,43,49-53,56-57,72,82-84,86,88-93H,17-18,20,22-26H2,1-12H3,(H2,71,95)(H,73,87)(H,74,97)(H,75,101)(H,76,96)(H,77,103)(H,78,99)(H,79,102)(H,80,98)(H,81,100)(H,104,105)/b14-13+,19-16+,29-15-/t28-,30+,31-,32-,33?,35?,36?,37+,38?,40?,41?,43?,49?,50?,51?,52?,53-,56?,57?,70-/m0/s1. The summed E-state index contributed by atoms with van der Waals surface area (Å²) in [4.78, 5) is 176. The number of primary amides is 1. The van der Waals surface area contributed by atoms with Crippen LogP contribution >= 0.6 is 0 Å². The molecule has 0 spiro atoms. The first kappa shape index (κ1) is 88.7. The molecule has 1 saturated heterocycles. The van der Waals surface area contributed by atoms with Gasteiger partial charge in [-0.15, -0.1) is 0 Å². The summed E-state index contributed by atoms with van der Waals surface area (Å²) in [5, 5.41) is 142. The van der Waals surface area contributed by atoms with Gasteiger partial charge in [-0.05, 0) is 57.4 Å². The van der Waals surface area contributed by atoms with Crippen molar-refractivity contribution in [1.29, 1.82) is 0 Å². The molecule has 23 N–H and O–H groups in total. The van der Waals surface area contributed by atoms with Crippen molar-refractivity contribution in [2.75, 3.05) is 51.3 Å². The number of nitrogens with two attached hydrogens (primary N) is 1. The van der Waals surface area contributed by atoms with Crippen LogP contribution < -0.4 is 68.4 Å². The van der Waals surface area contributed by atoms with Crippen molar-refractivity contribution in [3.05, 3.63) is 53.3 Å². The molecule has 10 amide bonds. The Hall–Kier alpha value is -9.93. The fourth-order valence-electron chi connectivity index (χ4n) is 12.2. The van der Waals surface area contributed by atoms with E-state index in [1.807, 2.05) is 36.7 Å². The van der Waals surface area contributed by atoms with Crippen molar-refractivity contribution in [3.63, 3.8) is 0 Å². The molecule has 5 bridgehead atoms. The molecule has 13 unspecified atom stereocenters. The van der Waals surface area contributed by atoms with Gasteiger partial charge >= 0.3 is 11.8 Å². The zero-order valence-electron chi connectivity index (χ0n) is 61.7. The minimum absolute atomic E-state index is 0.0620. The monoisotopic (exact) mass is 1530 g/mol. The third-order valence-corrected chi connectivity index (χ3v) is 19.7. The second-order valence-corrected chi connectivity index (χ2v) is 27.8. The second-order valence-electron chi connectivity index (χ2n) is 27.8. The summed E-state index contributed by atoms with van der Waals surface area (Å²) in [6, 6.07) is -11.4. The Kier molecular flexibility index (Phi) is 31.8. The third-order valence-electron chi connectivity index (χ3n) is 19.7. The number of carbonyl (C=O) groups is 13. The lowest BCUT2D eigenvalue weighted by Gasteiger charge is -2.37. The summed E-state index contributed by atoms with van der Waals surface area (Å²) in [7, 11) is 0. The third kappa shape index (κ3) is 21.7. The second kappa shape index (κ2) is 38.7. The number of benzene rings is 2. The molecule has 38 nitrogen and oxygen atoms in total. The topological polar surface area (TPSA) is 618 Å². The molecule has 2 aromatic rings. The number of carboxylic acids is 1. The molecule has 4 heterocycles. The SMILES string of the molecule is C/C1=C/C=C/[C@H](C)C(O)C(C)[C@@H](O)[C@@H](C)[C@H](C)[C@H](C)[C@@H](CO)/C=C/O[C@@]2(C)Oc3c(C)c(O)c4c(O)c(cc(OCC(=O)NCCNC(C)C(=O)NCC5NC(=O)C(C(=O)O)NC(=O)C(O)CNC(=O)C(C(C)O)NC(=O)C(C(O)C(O)C(N)=O)NC(=O)C(C(C)C)CC(=O)C(CO)NC5=O)c4c3C2=O)NC1=O. The molecule has 108 heavy (non-hydrogen) atoms. The summed E-state index contributed by atoms with van der Waals surface area (Å²) in [5.41, 5.74) is 4.51. The fourth-order valence-corrected chi connectivity index (χ4v) is 12.2. The Morgan fingerprint density at radius 2 is 1.36 bits per heavy atom. The number of hydrogen-bond acceptors (Lipinski definition) is 27. The number of phenols is 2. The number of β-amino-alcohol motifs (C(OH)–C–C–N with tert-alkyl or cyclic N) is 1. The summed E-state index contributed by atoms with van der Waals surface area (Å²) in [6.45, 7) is 13.2. The van der Waals surface area contributed by atoms with E-state index in [-0.39, 0.29) is 70.8 Å². The van der Waals surface area contributed by atoms with Gasteiger partial charge in [-0.1, -0.05) is 66.7 Å². The van der Waals surface area contributed by atoms with Gasteiger partial charge in [0.05, 0.1) is 60.4 Å². The summed E-state index contributed by atoms with van der Waals surface area (Å²) in [6.07, 6.45) is -5.08. The molecule has 38 heteroatoms. The highest BCUT2D eigenvalue weighted by Crippen LogP contribution is 2.54. The lowest BCUT2D eigenvalue weighted by Crippen LogP contribution is -2.64. The highest BCUT2D eigenvalue weighted by atomic mass is 16.7. The van der Waals surface area contributed by atoms with Gasteiger partial charge in [0.2, 0.25) is 41.5 Å². The van der Waals surface area contributed by atoms with Gasteiger partial charge in [-0.2, -0.15) is 0 Å². The number of ketones is 2. The Bertz CT molecular complexity index is 3810. The zero-order valence-corrected chi connectivity index (χ0v) is 61.7. The van der Waals surface area contributed by atoms with E-state index in [1.54, 1.807) is 25.2 Å². The van der Waals surface area contributed by atoms with Crippen molar-refractivity contribution < 1.29 is 133 Å². The van der Waals surface area contributed by atoms with Crippen LogP contribution in [0.5, 0.6) is 23.0 Å². The van der Waals surface area contributed by atoms with Gasteiger partial charge in [0.25, 0.3) is 29.4 Å². The molecule has 4 aliphatic rings. The highest BCUT2D eigenvalue weighted by Gasteiger charge is 2.50. The lowest BCUT2D eigenvalue weighted by atomic mass is 9.72. The van der Waals surface area contributed by atoms with Crippen molar-refractivity contribution in [2.24, 2.45) is 53.1 Å². The Labute approximate surface area is 620 Å². The quantitative estimate of drug-likeness (QED) is 0.0377. The number of aliphatic hydroxyl groups excluding tert-OH is 8. The average molecular weight is 1530 g/mol. The number of nitrogens with one attached hydrogen (secondary N) is 10. The molecule has 598 valence electrons. The van der Waals surface area contributed by atoms with Crippen LogP contribution in [0, 0.1) is 54.3 Å². The van der Waals surface area contributed by atoms with Gasteiger partial charge in [-0.25, -0.2) is 4.79 Å². The number of fused-ring (bicyclic) bond motifs is 14. The molecule has 0 aliphatic carbocycles. The van der Waals surface area contributed by atoms with Gasteiger partial charge in [0, 0.05) is 85.8 Å². The van der Waals surface area contributed by atoms with Crippen LogP contribution in [0.25, 0.3) is 10.8 Å². The predicted octanol–water partition coefficient (Wildman–Crippen LogP) is -5.25. The first-order chi connectivity index (χ1) is 50.5. The molecule has 2 aromatic carbocycles. The number of ether oxygens (including phenoxy) is 3. The highest BCUT2D eigenvalue weighted by molar-refractivity contribution is 6.22. The molecule has 0 radical (unpaired) electrons. The number of hydrogen-bond donors (Lipinski definition) is 22. The maximum atomic E-state index is 14.8. The van der Waals surface area contributed by atoms with Crippen molar-refractivity contribution in [2.45, 2.75) is 168 Å². The minimum atomic E-state index is -2.67. The Morgan fingerprint density at radius 3 is 1.96 bits per heavy atom. The maximum Gasteiger partial charge on any atom is 0.336 e. The number of carboxylic acid groups (broad SMARTS) is 1. The predicted molar refractivity (Wildman–Crippen MR) is 379 cm³/mol. The average Bonchev–Trinajstić information content (AvgIpc) is 1.52. The van der Waals surface area contributed by atoms with Crippen LogP contribution in [0.1, 0.15) is 98.5 Å². The van der Waals surface area contributed by atoms with Crippen molar-refractivity contribution in [1.82, 2.24) is 47.9 Å². The van der Waals surface area contributed by atoms with Gasteiger partial charge in [0.1, 0.15) is 53.6 Å². The number of Topliss-reactive ketones (excluding diaryl/α,β-unsaturated/α-hetero) is 2. The number of aliphatic hydroxyl groups is 8. The fraction of sp³-hybridized carbons (Fsp3) is 0.586. The Balaban J connectivity index is 1.39. The van der Waals surface area contributed by atoms with E-state index in [0.29, 0.717) is 0 Å². The molecule has 0 aromatic heterocycles. The number of aliphatic carboxylic acids is 1. The van der Waals surface area contributed by atoms with Gasteiger partial charge in [-0.3, -0.25) is 57.5 Å². The van der Waals surface area contributed by atoms with Gasteiger partial charge < -0.3 is 129 Å². The lowest BCUT2D eigenvalue weighted by molar-refractivity contribution is -0.148. The minimum Gasteiger partial charge on any atom is -0.507 e. The van der Waals surface area contributed by atoms with Crippen LogP contribution in [0.4, 0.5) is 5.69 Å². The normalized spacial score (nSPS) is 30.1. The smallest absolute Gasteiger partial charge is 0.336 e. The number of anilines is 1. The van der Waals surface area contributed by atoms with Crippen molar-refractivity contribution >= 4 is 93.1 Å². The van der Waals surface area contributed by atoms with Crippen LogP contribution in [-0.2, 0) is 62.3 Å². The Morgan fingerprint density at radius 1 is 0.722 bits per heavy atom. The molecular formula is C70H101N11O27. The number of carbonyl (C=O) groups excluding carboxylic acids is 12. The van der Waals surface area contributed by atoms with E-state index >= 15 is 0 Å². The van der Waals surface area contributed by atoms with Crippen LogP contribution in [-0.4, -0.2) is 257 Å². The molecule has 20 atom stereocenters. The van der Waals surface area contributed by atoms with Gasteiger partial charge in [0.15, 0.2) is 24.2 Å². The first-order valence-electron chi connectivity index (χ1n) is 34.8. The van der Waals surface area contributed by atoms with Crippen LogP contribution in [0.3, 0.4) is 0 Å². The number of rotatable bonds is 18. The molecule has 0 saturated carbocycles. The van der Waals surface area contributed by atoms with Crippen LogP contribution in [0.2, 0.25) is 0 Å². The largest absolute Gasteiger partial charge is 0.507 e. The number of amides is 10. The van der Waals surface area contributed by atoms with E-state index in [1.165, 1.54) is 66.0 Å². The molecule has 4 aliphatic heterocycles. The van der Waals surface area contributed by atoms with E-state index in [2.05, 4.69) is 31.9 Å². The van der Waals surface area contributed by atoms with E-state index in [0.717, 1.165) is 13.0 Å². The molecular weight excluding hydrogens is 1430 g/mol. The van der Waals surface area contributed by atoms with Crippen LogP contribution in [0.15, 0.2) is 42.2 Å². The maximum absolute atomic E-state index is 14.8. The first-order valence-corrected chi connectivity index (χ1v) is 34.8. The summed E-state index contributed by atoms with van der Waals surface area (Å²) < 4.78 is 18.2. The van der Waals surface area contributed by atoms with E-state index in [4.69, 9.17) is 19.9 Å².